The average molecular weight is 499 g/mol. The third-order valence-corrected chi connectivity index (χ3v) is 6.92. The number of aliphatic hydroxyl groups excluding tert-OH is 1. The molecule has 0 aromatic heterocycles. The van der Waals surface area contributed by atoms with Gasteiger partial charge in [0, 0.05) is 37.5 Å². The minimum Gasteiger partial charge on any atom is -0.478 e. The summed E-state index contributed by atoms with van der Waals surface area (Å²) >= 11 is 0. The van der Waals surface area contributed by atoms with Crippen molar-refractivity contribution in [2.24, 2.45) is 5.92 Å². The van der Waals surface area contributed by atoms with E-state index in [1.54, 1.807) is 4.90 Å². The van der Waals surface area contributed by atoms with Crippen LogP contribution in [0.5, 0.6) is 0 Å². The number of anilines is 2. The Labute approximate surface area is 218 Å². The lowest BCUT2D eigenvalue weighted by atomic mass is 9.86. The molecule has 3 aromatic rings. The Balaban J connectivity index is 1.59. The summed E-state index contributed by atoms with van der Waals surface area (Å²) in [6.45, 7) is 0.407. The standard InChI is InChI=1S/C31H34N2O4/c1-32(2)27-15-11-25(12-16-27)24-9-6-23(7-10-24)21-33(31(37)26-13-17-29(34)18-14-26)28-5-3-4-22(20-28)8-19-30(35)36/h3-12,15-16,19-20,26,29,34H,13-14,17-18,21H2,1-2H3,(H,35,36)/b19-8+. The van der Waals surface area contributed by atoms with Gasteiger partial charge in [0.05, 0.1) is 12.6 Å². The molecular weight excluding hydrogens is 464 g/mol. The van der Waals surface area contributed by atoms with Crippen molar-refractivity contribution in [3.63, 3.8) is 0 Å². The van der Waals surface area contributed by atoms with Crippen molar-refractivity contribution in [2.75, 3.05) is 23.9 Å². The lowest BCUT2D eigenvalue weighted by Gasteiger charge is -2.31. The largest absolute Gasteiger partial charge is 0.478 e. The molecule has 2 N–H and O–H groups in total. The number of carbonyl (C=O) groups is 2. The van der Waals surface area contributed by atoms with Crippen LogP contribution < -0.4 is 9.80 Å². The number of aliphatic hydroxyl groups is 1. The highest BCUT2D eigenvalue weighted by Crippen LogP contribution is 2.30. The molecule has 1 saturated carbocycles. The van der Waals surface area contributed by atoms with Crippen molar-refractivity contribution in [3.05, 3.63) is 90.0 Å². The summed E-state index contributed by atoms with van der Waals surface area (Å²) < 4.78 is 0. The molecule has 6 heteroatoms. The smallest absolute Gasteiger partial charge is 0.328 e. The van der Waals surface area contributed by atoms with E-state index in [2.05, 4.69) is 41.3 Å². The number of aliphatic carboxylic acids is 1. The predicted molar refractivity (Wildman–Crippen MR) is 148 cm³/mol. The molecule has 3 aromatic carbocycles. The van der Waals surface area contributed by atoms with Crippen molar-refractivity contribution in [1.82, 2.24) is 0 Å². The average Bonchev–Trinajstić information content (AvgIpc) is 2.91. The van der Waals surface area contributed by atoms with Crippen molar-refractivity contribution < 1.29 is 19.8 Å². The number of rotatable bonds is 8. The molecule has 0 unspecified atom stereocenters. The SMILES string of the molecule is CN(C)c1ccc(-c2ccc(CN(C(=O)C3CCC(O)CC3)c3cccc(/C=C/C(=O)O)c3)cc2)cc1. The molecule has 1 aliphatic carbocycles. The number of hydrogen-bond donors (Lipinski definition) is 2. The number of carboxylic acid groups (broad SMARTS) is 1. The molecule has 0 bridgehead atoms. The summed E-state index contributed by atoms with van der Waals surface area (Å²) in [4.78, 5) is 28.5. The Hall–Kier alpha value is -3.90. The number of carboxylic acids is 1. The molecule has 192 valence electrons. The molecule has 4 rings (SSSR count). The first-order chi connectivity index (χ1) is 17.8. The van der Waals surface area contributed by atoms with E-state index < -0.39 is 5.97 Å². The van der Waals surface area contributed by atoms with Crippen molar-refractivity contribution >= 4 is 29.3 Å². The minimum atomic E-state index is -1.02. The maximum absolute atomic E-state index is 13.7. The second-order valence-corrected chi connectivity index (χ2v) is 9.83. The molecular formula is C31H34N2O4. The fraction of sp³-hybridized carbons (Fsp3) is 0.290. The Kier molecular flexibility index (Phi) is 8.41. The van der Waals surface area contributed by atoms with Crippen LogP contribution >= 0.6 is 0 Å². The van der Waals surface area contributed by atoms with E-state index in [0.29, 0.717) is 37.8 Å². The molecule has 0 spiro atoms. The van der Waals surface area contributed by atoms with Crippen LogP contribution in [0.3, 0.4) is 0 Å². The van der Waals surface area contributed by atoms with Crippen molar-refractivity contribution in [3.8, 4) is 11.1 Å². The van der Waals surface area contributed by atoms with Gasteiger partial charge in [-0.05, 0) is 78.3 Å². The molecule has 0 radical (unpaired) electrons. The number of nitrogens with zero attached hydrogens (tertiary/aromatic N) is 2. The Bertz CT molecular complexity index is 1240. The molecule has 1 fully saturated rings. The van der Waals surface area contributed by atoms with E-state index in [0.717, 1.165) is 34.1 Å². The predicted octanol–water partition coefficient (Wildman–Crippen LogP) is 5.60. The molecule has 1 aliphatic rings. The van der Waals surface area contributed by atoms with Gasteiger partial charge < -0.3 is 20.0 Å². The second kappa shape index (κ2) is 11.9. The van der Waals surface area contributed by atoms with Crippen LogP contribution in [0.15, 0.2) is 78.9 Å². The highest BCUT2D eigenvalue weighted by Gasteiger charge is 2.29. The van der Waals surface area contributed by atoms with E-state index in [1.165, 1.54) is 6.08 Å². The first-order valence-corrected chi connectivity index (χ1v) is 12.7. The van der Waals surface area contributed by atoms with Gasteiger partial charge in [-0.15, -0.1) is 0 Å². The van der Waals surface area contributed by atoms with Gasteiger partial charge in [0.2, 0.25) is 5.91 Å². The Morgan fingerprint density at radius 1 is 0.865 bits per heavy atom. The van der Waals surface area contributed by atoms with Gasteiger partial charge in [0.25, 0.3) is 0 Å². The summed E-state index contributed by atoms with van der Waals surface area (Å²) in [7, 11) is 4.04. The first-order valence-electron chi connectivity index (χ1n) is 12.7. The van der Waals surface area contributed by atoms with E-state index in [1.807, 2.05) is 50.5 Å². The fourth-order valence-electron chi connectivity index (χ4n) is 4.74. The first kappa shape index (κ1) is 26.2. The topological polar surface area (TPSA) is 81.1 Å². The van der Waals surface area contributed by atoms with E-state index >= 15 is 0 Å². The van der Waals surface area contributed by atoms with Gasteiger partial charge in [-0.25, -0.2) is 4.79 Å². The van der Waals surface area contributed by atoms with Crippen LogP contribution in [0.2, 0.25) is 0 Å². The normalized spacial score (nSPS) is 17.5. The molecule has 1 amide bonds. The van der Waals surface area contributed by atoms with Gasteiger partial charge in [-0.3, -0.25) is 4.79 Å². The van der Waals surface area contributed by atoms with Crippen molar-refractivity contribution in [2.45, 2.75) is 38.3 Å². The third-order valence-electron chi connectivity index (χ3n) is 6.92. The van der Waals surface area contributed by atoms with E-state index in [-0.39, 0.29) is 17.9 Å². The van der Waals surface area contributed by atoms with Crippen molar-refractivity contribution in [1.29, 1.82) is 0 Å². The Morgan fingerprint density at radius 3 is 2.08 bits per heavy atom. The lowest BCUT2D eigenvalue weighted by Crippen LogP contribution is -2.38. The Morgan fingerprint density at radius 2 is 1.49 bits per heavy atom. The molecule has 6 nitrogen and oxygen atoms in total. The number of benzene rings is 3. The van der Waals surface area contributed by atoms with Crippen LogP contribution in [0, 0.1) is 5.92 Å². The maximum atomic E-state index is 13.7. The van der Waals surface area contributed by atoms with Crippen LogP contribution in [0.25, 0.3) is 17.2 Å². The van der Waals surface area contributed by atoms with Gasteiger partial charge in [0.15, 0.2) is 0 Å². The van der Waals surface area contributed by atoms with Gasteiger partial charge in [0.1, 0.15) is 0 Å². The van der Waals surface area contributed by atoms with Crippen LogP contribution in [-0.2, 0) is 16.1 Å². The summed E-state index contributed by atoms with van der Waals surface area (Å²) in [5, 5.41) is 18.9. The molecule has 0 aliphatic heterocycles. The zero-order chi connectivity index (χ0) is 26.4. The molecule has 0 atom stereocenters. The van der Waals surface area contributed by atoms with E-state index in [4.69, 9.17) is 5.11 Å². The van der Waals surface area contributed by atoms with E-state index in [9.17, 15) is 14.7 Å². The minimum absolute atomic E-state index is 0.0367. The number of hydrogen-bond acceptors (Lipinski definition) is 4. The van der Waals surface area contributed by atoms with Gasteiger partial charge in [-0.2, -0.15) is 0 Å². The monoisotopic (exact) mass is 498 g/mol. The zero-order valence-corrected chi connectivity index (χ0v) is 21.4. The van der Waals surface area contributed by atoms with Gasteiger partial charge in [-0.1, -0.05) is 48.5 Å². The lowest BCUT2D eigenvalue weighted by molar-refractivity contribution is -0.131. The number of carbonyl (C=O) groups excluding carboxylic acids is 1. The van der Waals surface area contributed by atoms with Gasteiger partial charge >= 0.3 is 5.97 Å². The van der Waals surface area contributed by atoms with Crippen LogP contribution in [0.4, 0.5) is 11.4 Å². The van der Waals surface area contributed by atoms with Crippen LogP contribution in [0.1, 0.15) is 36.8 Å². The summed E-state index contributed by atoms with van der Waals surface area (Å²) in [6, 6.07) is 24.0. The third kappa shape index (κ3) is 6.86. The molecule has 0 saturated heterocycles. The molecule has 0 heterocycles. The highest BCUT2D eigenvalue weighted by molar-refractivity contribution is 5.95. The zero-order valence-electron chi connectivity index (χ0n) is 21.4. The second-order valence-electron chi connectivity index (χ2n) is 9.83. The summed E-state index contributed by atoms with van der Waals surface area (Å²) in [5.41, 5.74) is 5.83. The van der Waals surface area contributed by atoms with Crippen LogP contribution in [-0.4, -0.2) is 42.3 Å². The number of amides is 1. The highest BCUT2D eigenvalue weighted by atomic mass is 16.4. The summed E-state index contributed by atoms with van der Waals surface area (Å²) in [6.07, 6.45) is 4.88. The fourth-order valence-corrected chi connectivity index (χ4v) is 4.74. The molecule has 37 heavy (non-hydrogen) atoms. The maximum Gasteiger partial charge on any atom is 0.328 e. The quantitative estimate of drug-likeness (QED) is 0.395. The summed E-state index contributed by atoms with van der Waals surface area (Å²) in [5.74, 6) is -1.12.